The number of hydrogen-bond donors (Lipinski definition) is 0. The predicted octanol–water partition coefficient (Wildman–Crippen LogP) is 3.42. The summed E-state index contributed by atoms with van der Waals surface area (Å²) in [4.78, 5) is 42.2. The molecule has 1 heterocycles. The summed E-state index contributed by atoms with van der Waals surface area (Å²) < 4.78 is 13.2. The topological polar surface area (TPSA) is 60.9 Å². The number of benzene rings is 2. The third-order valence-corrected chi connectivity index (χ3v) is 4.67. The molecule has 0 spiro atoms. The monoisotopic (exact) mass is 383 g/mol. The molecule has 1 aliphatic rings. The van der Waals surface area contributed by atoms with E-state index >= 15 is 0 Å². The van der Waals surface area contributed by atoms with Crippen molar-refractivity contribution in [1.82, 2.24) is 4.90 Å². The van der Waals surface area contributed by atoms with Gasteiger partial charge in [-0.1, -0.05) is 18.2 Å². The first kappa shape index (κ1) is 19.5. The van der Waals surface area contributed by atoms with Crippen LogP contribution in [0.3, 0.4) is 0 Å². The molecule has 1 saturated heterocycles. The van der Waals surface area contributed by atoms with Gasteiger partial charge >= 0.3 is 6.03 Å². The highest BCUT2D eigenvalue weighted by molar-refractivity contribution is 6.16. The van der Waals surface area contributed by atoms with Crippen LogP contribution in [0, 0.1) is 5.82 Å². The maximum absolute atomic E-state index is 13.2. The van der Waals surface area contributed by atoms with Crippen LogP contribution in [0.25, 0.3) is 0 Å². The van der Waals surface area contributed by atoms with Gasteiger partial charge in [-0.25, -0.2) is 9.18 Å². The Morgan fingerprint density at radius 1 is 1.07 bits per heavy atom. The van der Waals surface area contributed by atoms with Crippen LogP contribution >= 0.6 is 0 Å². The van der Waals surface area contributed by atoms with Crippen molar-refractivity contribution in [3.8, 4) is 0 Å². The zero-order valence-corrected chi connectivity index (χ0v) is 16.0. The fourth-order valence-corrected chi connectivity index (χ4v) is 3.34. The van der Waals surface area contributed by atoms with Crippen LogP contribution < -0.4 is 9.80 Å². The number of imide groups is 1. The zero-order valence-electron chi connectivity index (χ0n) is 16.0. The minimum absolute atomic E-state index is 0.145. The molecule has 2 aromatic rings. The average molecular weight is 383 g/mol. The highest BCUT2D eigenvalue weighted by atomic mass is 19.1. The highest BCUT2D eigenvalue weighted by Gasteiger charge is 2.44. The lowest BCUT2D eigenvalue weighted by molar-refractivity contribution is -0.131. The van der Waals surface area contributed by atoms with E-state index in [2.05, 4.69) is 0 Å². The summed E-state index contributed by atoms with van der Waals surface area (Å²) in [6, 6.07) is 12.9. The van der Waals surface area contributed by atoms with E-state index in [4.69, 9.17) is 0 Å². The Hall–Kier alpha value is -3.22. The largest absolute Gasteiger partial charge is 0.332 e. The molecule has 0 radical (unpaired) electrons. The number of amides is 4. The average Bonchev–Trinajstić information content (AvgIpc) is 2.87. The smallest absolute Gasteiger partial charge is 0.308 e. The van der Waals surface area contributed by atoms with Crippen molar-refractivity contribution in [1.29, 1.82) is 0 Å². The van der Waals surface area contributed by atoms with E-state index in [0.29, 0.717) is 11.4 Å². The van der Waals surface area contributed by atoms with Crippen LogP contribution in [0.1, 0.15) is 20.8 Å². The third kappa shape index (κ3) is 3.60. The summed E-state index contributed by atoms with van der Waals surface area (Å²) in [5.74, 6) is -1.24. The van der Waals surface area contributed by atoms with Gasteiger partial charge in [-0.2, -0.15) is 0 Å². The van der Waals surface area contributed by atoms with Crippen LogP contribution in [-0.4, -0.2) is 41.4 Å². The van der Waals surface area contributed by atoms with Gasteiger partial charge in [-0.15, -0.1) is 0 Å². The second-order valence-electron chi connectivity index (χ2n) is 6.92. The van der Waals surface area contributed by atoms with Crippen LogP contribution in [0.4, 0.5) is 20.6 Å². The first-order valence-electron chi connectivity index (χ1n) is 9.08. The van der Waals surface area contributed by atoms with Gasteiger partial charge in [0.05, 0.1) is 0 Å². The number of nitrogens with zero attached hydrogens (tertiary/aromatic N) is 3. The molecule has 146 valence electrons. The van der Waals surface area contributed by atoms with Gasteiger partial charge in [0.25, 0.3) is 5.91 Å². The second kappa shape index (κ2) is 7.80. The molecule has 0 N–H and O–H groups in total. The van der Waals surface area contributed by atoms with E-state index in [1.165, 1.54) is 29.2 Å². The molecule has 4 amide bonds. The molecule has 6 nitrogen and oxygen atoms in total. The summed E-state index contributed by atoms with van der Waals surface area (Å²) in [5.41, 5.74) is 1.11. The van der Waals surface area contributed by atoms with Crippen molar-refractivity contribution in [2.24, 2.45) is 0 Å². The van der Waals surface area contributed by atoms with Crippen LogP contribution in [0.2, 0.25) is 0 Å². The lowest BCUT2D eigenvalue weighted by Crippen LogP contribution is -2.46. The number of urea groups is 1. The Labute approximate surface area is 163 Å². The quantitative estimate of drug-likeness (QED) is 0.744. The van der Waals surface area contributed by atoms with E-state index in [-0.39, 0.29) is 18.5 Å². The Morgan fingerprint density at radius 2 is 1.68 bits per heavy atom. The van der Waals surface area contributed by atoms with Gasteiger partial charge in [0, 0.05) is 17.4 Å². The molecule has 1 unspecified atom stereocenters. The second-order valence-corrected chi connectivity index (χ2v) is 6.92. The van der Waals surface area contributed by atoms with Crippen molar-refractivity contribution in [3.63, 3.8) is 0 Å². The molecule has 1 fully saturated rings. The lowest BCUT2D eigenvalue weighted by Gasteiger charge is -2.28. The summed E-state index contributed by atoms with van der Waals surface area (Å²) in [6.45, 7) is 4.97. The van der Waals surface area contributed by atoms with E-state index in [0.717, 1.165) is 4.90 Å². The highest BCUT2D eigenvalue weighted by Crippen LogP contribution is 2.26. The number of rotatable bonds is 5. The Morgan fingerprint density at radius 3 is 2.25 bits per heavy atom. The molecule has 0 aromatic heterocycles. The van der Waals surface area contributed by atoms with Crippen molar-refractivity contribution in [3.05, 3.63) is 60.4 Å². The van der Waals surface area contributed by atoms with Gasteiger partial charge in [0.2, 0.25) is 5.91 Å². The van der Waals surface area contributed by atoms with Gasteiger partial charge in [-0.3, -0.25) is 19.4 Å². The predicted molar refractivity (Wildman–Crippen MR) is 105 cm³/mol. The molecule has 0 aliphatic carbocycles. The van der Waals surface area contributed by atoms with Crippen molar-refractivity contribution in [2.75, 3.05) is 16.3 Å². The molecule has 7 heteroatoms. The van der Waals surface area contributed by atoms with Crippen LogP contribution in [-0.2, 0) is 9.59 Å². The maximum Gasteiger partial charge on any atom is 0.332 e. The SMILES string of the molecule is CC(C)N(C(=O)CN1C(=O)C(C)N(c2ccc(F)cc2)C1=O)c1ccccc1. The minimum atomic E-state index is -0.769. The number of carbonyl (C=O) groups excluding carboxylic acids is 3. The number of para-hydroxylation sites is 1. The molecule has 0 bridgehead atoms. The van der Waals surface area contributed by atoms with E-state index < -0.39 is 23.8 Å². The Balaban J connectivity index is 1.83. The van der Waals surface area contributed by atoms with Gasteiger partial charge in [0.15, 0.2) is 0 Å². The molecule has 2 aromatic carbocycles. The van der Waals surface area contributed by atoms with E-state index in [1.54, 1.807) is 24.0 Å². The summed E-state index contributed by atoms with van der Waals surface area (Å²) >= 11 is 0. The summed E-state index contributed by atoms with van der Waals surface area (Å²) in [7, 11) is 0. The van der Waals surface area contributed by atoms with Crippen molar-refractivity contribution < 1.29 is 18.8 Å². The van der Waals surface area contributed by atoms with Crippen LogP contribution in [0.15, 0.2) is 54.6 Å². The number of hydrogen-bond acceptors (Lipinski definition) is 3. The van der Waals surface area contributed by atoms with Crippen LogP contribution in [0.5, 0.6) is 0 Å². The van der Waals surface area contributed by atoms with Gasteiger partial charge in [-0.05, 0) is 57.2 Å². The fourth-order valence-electron chi connectivity index (χ4n) is 3.34. The third-order valence-electron chi connectivity index (χ3n) is 4.67. The molecule has 1 aliphatic heterocycles. The minimum Gasteiger partial charge on any atom is -0.308 e. The van der Waals surface area contributed by atoms with E-state index in [9.17, 15) is 18.8 Å². The maximum atomic E-state index is 13.2. The van der Waals surface area contributed by atoms with E-state index in [1.807, 2.05) is 32.0 Å². The van der Waals surface area contributed by atoms with Gasteiger partial charge in [0.1, 0.15) is 18.4 Å². The first-order valence-corrected chi connectivity index (χ1v) is 9.08. The molecule has 28 heavy (non-hydrogen) atoms. The molecule has 1 atom stereocenters. The van der Waals surface area contributed by atoms with Gasteiger partial charge < -0.3 is 4.90 Å². The first-order chi connectivity index (χ1) is 13.3. The standard InChI is InChI=1S/C21H22FN3O3/c1-14(2)24(17-7-5-4-6-8-17)19(26)13-23-20(27)15(3)25(21(23)28)18-11-9-16(22)10-12-18/h4-12,14-15H,13H2,1-3H3. The number of carbonyl (C=O) groups is 3. The Bertz CT molecular complexity index is 884. The summed E-state index contributed by atoms with van der Waals surface area (Å²) in [5, 5.41) is 0. The normalized spacial score (nSPS) is 16.8. The lowest BCUT2D eigenvalue weighted by atomic mass is 10.2. The zero-order chi connectivity index (χ0) is 20.4. The fraction of sp³-hybridized carbons (Fsp3) is 0.286. The Kier molecular flexibility index (Phi) is 5.44. The number of halogens is 1. The molecular weight excluding hydrogens is 361 g/mol. The van der Waals surface area contributed by atoms with Crippen molar-refractivity contribution in [2.45, 2.75) is 32.9 Å². The number of anilines is 2. The summed E-state index contributed by atoms with van der Waals surface area (Å²) in [6.07, 6.45) is 0. The van der Waals surface area contributed by atoms with Crippen molar-refractivity contribution >= 4 is 29.2 Å². The molecular formula is C21H22FN3O3. The molecule has 3 rings (SSSR count). The molecule has 0 saturated carbocycles.